The van der Waals surface area contributed by atoms with Gasteiger partial charge in [0, 0.05) is 18.7 Å². The molecule has 1 unspecified atom stereocenters. The van der Waals surface area contributed by atoms with Crippen LogP contribution in [-0.2, 0) is 20.4 Å². The summed E-state index contributed by atoms with van der Waals surface area (Å²) in [6, 6.07) is 7.55. The van der Waals surface area contributed by atoms with Crippen molar-refractivity contribution in [2.75, 3.05) is 27.4 Å². The van der Waals surface area contributed by atoms with Crippen LogP contribution in [0.2, 0.25) is 23.2 Å². The Morgan fingerprint density at radius 1 is 1.07 bits per heavy atom. The quantitative estimate of drug-likeness (QED) is 0.0711. The normalized spacial score (nSPS) is 13.7. The van der Waals surface area contributed by atoms with Crippen molar-refractivity contribution < 1.29 is 32.6 Å². The summed E-state index contributed by atoms with van der Waals surface area (Å²) >= 11 is 5.99. The van der Waals surface area contributed by atoms with Gasteiger partial charge in [0.25, 0.3) is 0 Å². The number of nitrogens with zero attached hydrogens (tertiary/aromatic N) is 1. The molecule has 2 atom stereocenters. The first kappa shape index (κ1) is 35.4. The number of rotatable bonds is 14. The Bertz CT molecular complexity index is 1270. The van der Waals surface area contributed by atoms with Crippen LogP contribution in [0.5, 0.6) is 11.5 Å². The van der Waals surface area contributed by atoms with Gasteiger partial charge in [0.1, 0.15) is 17.3 Å². The van der Waals surface area contributed by atoms with Crippen molar-refractivity contribution in [3.63, 3.8) is 0 Å². The monoisotopic (exact) mass is 621 g/mol. The molecule has 2 aromatic rings. The van der Waals surface area contributed by atoms with Crippen molar-refractivity contribution in [1.29, 1.82) is 0 Å². The molecule has 2 aromatic carbocycles. The van der Waals surface area contributed by atoms with E-state index >= 15 is 0 Å². The summed E-state index contributed by atoms with van der Waals surface area (Å²) in [5.41, 5.74) is 0.971. The molecule has 0 bridgehead atoms. The molecule has 0 fully saturated rings. The third-order valence-electron chi connectivity index (χ3n) is 7.72. The average molecular weight is 622 g/mol. The van der Waals surface area contributed by atoms with E-state index in [0.29, 0.717) is 23.5 Å². The van der Waals surface area contributed by atoms with Gasteiger partial charge in [-0.25, -0.2) is 4.39 Å². The third kappa shape index (κ3) is 8.88. The number of ketones is 1. The van der Waals surface area contributed by atoms with E-state index in [4.69, 9.17) is 30.2 Å². The molecule has 0 amide bonds. The molecule has 0 radical (unpaired) electrons. The number of methoxy groups -OCH3 is 2. The van der Waals surface area contributed by atoms with Crippen LogP contribution in [0.15, 0.2) is 35.3 Å². The van der Waals surface area contributed by atoms with Crippen LogP contribution < -0.4 is 9.47 Å². The first-order valence-electron chi connectivity index (χ1n) is 14.1. The summed E-state index contributed by atoms with van der Waals surface area (Å²) in [6.07, 6.45) is 1.46. The SMILES string of the molecule is CCOC(=O)C(C=N[C@H](CO[Si](C)(C)C(C)(C)C)C(C)C)C(=O)c1cc(Cc2cccc(Cl)c2F)c(OC)cc1OC. The van der Waals surface area contributed by atoms with E-state index in [1.54, 1.807) is 31.2 Å². The van der Waals surface area contributed by atoms with E-state index in [1.165, 1.54) is 26.5 Å². The Kier molecular flexibility index (Phi) is 12.8. The number of ether oxygens (including phenoxy) is 3. The minimum absolute atomic E-state index is 0.00731. The number of hydrogen-bond acceptors (Lipinski definition) is 7. The maximum Gasteiger partial charge on any atom is 0.322 e. The molecule has 0 aromatic heterocycles. The predicted molar refractivity (Wildman–Crippen MR) is 168 cm³/mol. The van der Waals surface area contributed by atoms with E-state index in [9.17, 15) is 14.0 Å². The zero-order chi connectivity index (χ0) is 31.8. The molecule has 0 N–H and O–H groups in total. The number of carbonyl (C=O) groups is 2. The molecule has 2 rings (SSSR count). The molecular formula is C32H45ClFNO6Si. The third-order valence-corrected chi connectivity index (χ3v) is 12.5. The number of esters is 1. The summed E-state index contributed by atoms with van der Waals surface area (Å²) in [7, 11) is 0.849. The summed E-state index contributed by atoms with van der Waals surface area (Å²) in [6.45, 7) is 17.0. The van der Waals surface area contributed by atoms with Crippen LogP contribution in [-0.4, -0.2) is 59.8 Å². The van der Waals surface area contributed by atoms with Gasteiger partial charge >= 0.3 is 5.97 Å². The Morgan fingerprint density at radius 3 is 2.26 bits per heavy atom. The average Bonchev–Trinajstić information content (AvgIpc) is 2.91. The lowest BCUT2D eigenvalue weighted by Crippen LogP contribution is -2.43. The van der Waals surface area contributed by atoms with Gasteiger partial charge in [-0.05, 0) is 54.2 Å². The van der Waals surface area contributed by atoms with Gasteiger partial charge < -0.3 is 18.6 Å². The van der Waals surface area contributed by atoms with Crippen LogP contribution in [0.4, 0.5) is 4.39 Å². The first-order chi connectivity index (χ1) is 19.6. The number of halogens is 2. The fourth-order valence-corrected chi connectivity index (χ4v) is 5.15. The number of aliphatic imine (C=N–C) groups is 1. The van der Waals surface area contributed by atoms with Gasteiger partial charge in [-0.2, -0.15) is 0 Å². The lowest BCUT2D eigenvalue weighted by atomic mass is 9.93. The Morgan fingerprint density at radius 2 is 1.71 bits per heavy atom. The van der Waals surface area contributed by atoms with Crippen molar-refractivity contribution in [3.05, 3.63) is 57.9 Å². The van der Waals surface area contributed by atoms with E-state index < -0.39 is 31.8 Å². The number of Topliss-reactive ketones (excluding diaryl/α,β-unsaturated/α-hetero) is 1. The number of hydrogen-bond donors (Lipinski definition) is 0. The minimum Gasteiger partial charge on any atom is -0.496 e. The molecule has 0 saturated heterocycles. The van der Waals surface area contributed by atoms with Crippen LogP contribution >= 0.6 is 11.6 Å². The summed E-state index contributed by atoms with van der Waals surface area (Å²) in [5.74, 6) is -2.46. The number of benzene rings is 2. The molecule has 7 nitrogen and oxygen atoms in total. The van der Waals surface area contributed by atoms with Gasteiger partial charge in [-0.1, -0.05) is 58.4 Å². The largest absolute Gasteiger partial charge is 0.496 e. The fourth-order valence-electron chi connectivity index (χ4n) is 3.94. The van der Waals surface area contributed by atoms with Gasteiger partial charge in [0.2, 0.25) is 0 Å². The molecular weight excluding hydrogens is 577 g/mol. The molecule has 42 heavy (non-hydrogen) atoms. The number of carbonyl (C=O) groups excluding carboxylic acids is 2. The minimum atomic E-state index is -2.04. The Balaban J connectivity index is 2.52. The lowest BCUT2D eigenvalue weighted by molar-refractivity contribution is -0.144. The lowest BCUT2D eigenvalue weighted by Gasteiger charge is -2.37. The van der Waals surface area contributed by atoms with Crippen LogP contribution in [0.1, 0.15) is 63.0 Å². The smallest absolute Gasteiger partial charge is 0.322 e. The van der Waals surface area contributed by atoms with E-state index in [0.717, 1.165) is 0 Å². The second kappa shape index (κ2) is 15.1. The molecule has 0 aliphatic heterocycles. The van der Waals surface area contributed by atoms with Gasteiger partial charge in [0.05, 0.1) is 44.1 Å². The fraction of sp³-hybridized carbons (Fsp3) is 0.531. The van der Waals surface area contributed by atoms with Crippen LogP contribution in [0.25, 0.3) is 0 Å². The molecule has 0 aliphatic rings. The zero-order valence-electron chi connectivity index (χ0n) is 26.5. The van der Waals surface area contributed by atoms with Gasteiger partial charge in [0.15, 0.2) is 20.0 Å². The highest BCUT2D eigenvalue weighted by Gasteiger charge is 2.38. The highest BCUT2D eigenvalue weighted by molar-refractivity contribution is 6.74. The van der Waals surface area contributed by atoms with Gasteiger partial charge in [-0.3, -0.25) is 14.6 Å². The second-order valence-electron chi connectivity index (χ2n) is 12.0. The maximum atomic E-state index is 14.7. The van der Waals surface area contributed by atoms with Crippen molar-refractivity contribution in [1.82, 2.24) is 0 Å². The Hall–Kier alpha value is -2.75. The molecule has 10 heteroatoms. The van der Waals surface area contributed by atoms with Crippen molar-refractivity contribution in [2.24, 2.45) is 16.8 Å². The van der Waals surface area contributed by atoms with Crippen molar-refractivity contribution in [2.45, 2.75) is 72.1 Å². The zero-order valence-corrected chi connectivity index (χ0v) is 28.2. The van der Waals surface area contributed by atoms with E-state index in [1.807, 2.05) is 13.8 Å². The standard InChI is InChI=1S/C32H45ClFNO6Si/c1-11-40-31(37)24(18-35-26(20(2)3)19-41-42(9,10)32(4,5)6)30(36)23-16-22(27(38-7)17-28(23)39-8)15-21-13-12-14-25(33)29(21)34/h12-14,16-18,20,24,26H,11,15,19H2,1-10H3/t24?,26-/m1/s1. The van der Waals surface area contributed by atoms with Crippen LogP contribution in [0.3, 0.4) is 0 Å². The molecule has 0 saturated carbocycles. The Labute approximate surface area is 255 Å². The summed E-state index contributed by atoms with van der Waals surface area (Å²) in [5, 5.41) is 0.0188. The summed E-state index contributed by atoms with van der Waals surface area (Å²) in [4.78, 5) is 31.7. The second-order valence-corrected chi connectivity index (χ2v) is 17.2. The molecule has 0 heterocycles. The molecule has 0 aliphatic carbocycles. The van der Waals surface area contributed by atoms with Crippen molar-refractivity contribution in [3.8, 4) is 11.5 Å². The topological polar surface area (TPSA) is 83.4 Å². The van der Waals surface area contributed by atoms with Gasteiger partial charge in [-0.15, -0.1) is 0 Å². The predicted octanol–water partition coefficient (Wildman–Crippen LogP) is 7.57. The molecule has 232 valence electrons. The van der Waals surface area contributed by atoms with E-state index in [2.05, 4.69) is 38.9 Å². The highest BCUT2D eigenvalue weighted by atomic mass is 35.5. The first-order valence-corrected chi connectivity index (χ1v) is 17.4. The summed E-state index contributed by atoms with van der Waals surface area (Å²) < 4.78 is 37.4. The molecule has 0 spiro atoms. The highest BCUT2D eigenvalue weighted by Crippen LogP contribution is 2.37. The van der Waals surface area contributed by atoms with Crippen molar-refractivity contribution >= 4 is 37.9 Å². The van der Waals surface area contributed by atoms with E-state index in [-0.39, 0.29) is 46.4 Å². The maximum absolute atomic E-state index is 14.7. The van der Waals surface area contributed by atoms with Crippen LogP contribution in [0, 0.1) is 17.7 Å².